The van der Waals surface area contributed by atoms with Gasteiger partial charge in [-0.2, -0.15) is 0 Å². The Morgan fingerprint density at radius 1 is 1.19 bits per heavy atom. The average molecular weight is 254 g/mol. The molecule has 2 nitrogen and oxygen atoms in total. The van der Waals surface area contributed by atoms with E-state index in [1.54, 1.807) is 0 Å². The van der Waals surface area contributed by atoms with E-state index in [4.69, 9.17) is 5.11 Å². The number of halogens is 3. The predicted molar refractivity (Wildman–Crippen MR) is 51.5 cm³/mol. The number of carboxylic acids is 1. The minimum atomic E-state index is -4.95. The molecule has 0 heterocycles. The Hall–Kier alpha value is -0.0787. The van der Waals surface area contributed by atoms with Gasteiger partial charge in [0.25, 0.3) is 0 Å². The fraction of sp³-hybridized carbons (Fsp3) is 0. The molecule has 0 aliphatic heterocycles. The standard InChI is InChI=1S/C9H7BF3O2.K/c11-10(12,13)6-5-7-1-3-8(4-2-7)9(14)15;/h1-6H,(H,14,15);/q-1;+1/b6-5+;. The largest absolute Gasteiger partial charge is 1.00 e. The van der Waals surface area contributed by atoms with Gasteiger partial charge < -0.3 is 18.1 Å². The summed E-state index contributed by atoms with van der Waals surface area (Å²) in [5, 5.41) is 8.54. The van der Waals surface area contributed by atoms with Crippen molar-refractivity contribution in [3.8, 4) is 0 Å². The Bertz CT molecular complexity index is 387. The molecule has 0 atom stereocenters. The number of benzene rings is 1. The molecule has 1 aromatic rings. The van der Waals surface area contributed by atoms with Gasteiger partial charge in [0.15, 0.2) is 0 Å². The van der Waals surface area contributed by atoms with Gasteiger partial charge in [0.1, 0.15) is 0 Å². The Morgan fingerprint density at radius 3 is 2.06 bits per heavy atom. The maximum absolute atomic E-state index is 11.8. The summed E-state index contributed by atoms with van der Waals surface area (Å²) in [5.74, 6) is -0.943. The Labute approximate surface area is 133 Å². The summed E-state index contributed by atoms with van der Waals surface area (Å²) in [7, 11) is 0. The smallest absolute Gasteiger partial charge is 0.478 e. The number of hydrogen-bond donors (Lipinski definition) is 1. The van der Waals surface area contributed by atoms with Gasteiger partial charge in [-0.15, -0.1) is 5.98 Å². The van der Waals surface area contributed by atoms with Crippen molar-refractivity contribution in [3.05, 3.63) is 41.4 Å². The monoisotopic (exact) mass is 254 g/mol. The number of carboxylic acid groups (broad SMARTS) is 1. The molecular weight excluding hydrogens is 247 g/mol. The van der Waals surface area contributed by atoms with Crippen LogP contribution in [-0.2, 0) is 0 Å². The van der Waals surface area contributed by atoms with Crippen LogP contribution in [0.4, 0.5) is 12.9 Å². The molecular formula is C9H7BF3KO2. The topological polar surface area (TPSA) is 37.3 Å². The summed E-state index contributed by atoms with van der Waals surface area (Å²) in [6.45, 7) is -4.95. The first-order valence-corrected chi connectivity index (χ1v) is 4.11. The molecule has 0 saturated heterocycles. The first-order valence-electron chi connectivity index (χ1n) is 4.11. The summed E-state index contributed by atoms with van der Waals surface area (Å²) in [5.41, 5.74) is 0.365. The van der Waals surface area contributed by atoms with E-state index < -0.39 is 12.9 Å². The van der Waals surface area contributed by atoms with E-state index in [1.165, 1.54) is 24.3 Å². The quantitative estimate of drug-likeness (QED) is 0.758. The SMILES string of the molecule is O=C(O)c1ccc(/C=C/[B-](F)(F)F)cc1.[K+]. The van der Waals surface area contributed by atoms with Crippen molar-refractivity contribution in [2.24, 2.45) is 0 Å². The second kappa shape index (κ2) is 6.61. The number of carbonyl (C=O) groups is 1. The summed E-state index contributed by atoms with van der Waals surface area (Å²) in [4.78, 5) is 10.4. The molecule has 16 heavy (non-hydrogen) atoms. The first kappa shape index (κ1) is 15.9. The minimum Gasteiger partial charge on any atom is -0.478 e. The fourth-order valence-electron chi connectivity index (χ4n) is 0.957. The molecule has 0 unspecified atom stereocenters. The predicted octanol–water partition coefficient (Wildman–Crippen LogP) is -0.211. The van der Waals surface area contributed by atoms with Crippen molar-refractivity contribution in [1.82, 2.24) is 0 Å². The van der Waals surface area contributed by atoms with Crippen LogP contribution in [0.15, 0.2) is 30.2 Å². The summed E-state index contributed by atoms with van der Waals surface area (Å²) in [6.07, 6.45) is 0.908. The molecule has 0 radical (unpaired) electrons. The van der Waals surface area contributed by atoms with Gasteiger partial charge in [-0.25, -0.2) is 4.79 Å². The second-order valence-corrected chi connectivity index (χ2v) is 2.91. The number of rotatable bonds is 3. The zero-order valence-electron chi connectivity index (χ0n) is 8.53. The summed E-state index contributed by atoms with van der Waals surface area (Å²) in [6, 6.07) is 5.15. The third-order valence-corrected chi connectivity index (χ3v) is 1.66. The van der Waals surface area contributed by atoms with Crippen molar-refractivity contribution < 1.29 is 74.2 Å². The average Bonchev–Trinajstić information content (AvgIpc) is 2.14. The molecule has 0 spiro atoms. The second-order valence-electron chi connectivity index (χ2n) is 2.91. The molecule has 0 aliphatic rings. The van der Waals surface area contributed by atoms with E-state index in [0.717, 1.165) is 6.08 Å². The van der Waals surface area contributed by atoms with Crippen LogP contribution in [0.1, 0.15) is 15.9 Å². The molecule has 1 N–H and O–H groups in total. The molecule has 80 valence electrons. The van der Waals surface area contributed by atoms with Gasteiger partial charge in [-0.3, -0.25) is 0 Å². The Morgan fingerprint density at radius 2 is 1.69 bits per heavy atom. The van der Waals surface area contributed by atoms with E-state index >= 15 is 0 Å². The van der Waals surface area contributed by atoms with Crippen LogP contribution in [0, 0.1) is 0 Å². The van der Waals surface area contributed by atoms with Crippen LogP contribution < -0.4 is 51.4 Å². The maximum atomic E-state index is 11.8. The van der Waals surface area contributed by atoms with Crippen LogP contribution >= 0.6 is 0 Å². The van der Waals surface area contributed by atoms with Gasteiger partial charge in [0.2, 0.25) is 0 Å². The fourth-order valence-corrected chi connectivity index (χ4v) is 0.957. The minimum absolute atomic E-state index is 0. The molecule has 0 saturated carbocycles. The number of aromatic carboxylic acids is 1. The van der Waals surface area contributed by atoms with Crippen LogP contribution in [0.2, 0.25) is 0 Å². The van der Waals surface area contributed by atoms with Gasteiger partial charge >= 0.3 is 64.3 Å². The van der Waals surface area contributed by atoms with Crippen molar-refractivity contribution in [3.63, 3.8) is 0 Å². The zero-order chi connectivity index (χ0) is 11.5. The van der Waals surface area contributed by atoms with Gasteiger partial charge in [-0.05, 0) is 17.7 Å². The maximum Gasteiger partial charge on any atom is 1.00 e. The molecule has 1 rings (SSSR count). The van der Waals surface area contributed by atoms with Gasteiger partial charge in [0.05, 0.1) is 5.56 Å². The van der Waals surface area contributed by atoms with Crippen LogP contribution in [0.3, 0.4) is 0 Å². The normalized spacial score (nSPS) is 11.2. The van der Waals surface area contributed by atoms with E-state index in [2.05, 4.69) is 0 Å². The van der Waals surface area contributed by atoms with Crippen molar-refractivity contribution in [2.45, 2.75) is 0 Å². The zero-order valence-corrected chi connectivity index (χ0v) is 11.7. The van der Waals surface area contributed by atoms with Gasteiger partial charge in [-0.1, -0.05) is 18.2 Å². The van der Waals surface area contributed by atoms with E-state index in [1.807, 2.05) is 0 Å². The van der Waals surface area contributed by atoms with E-state index in [0.29, 0.717) is 5.56 Å². The summed E-state index contributed by atoms with van der Waals surface area (Å²) >= 11 is 0. The molecule has 0 amide bonds. The molecule has 0 aromatic heterocycles. The first-order chi connectivity index (χ1) is 6.88. The molecule has 1 aromatic carbocycles. The van der Waals surface area contributed by atoms with Crippen LogP contribution in [0.5, 0.6) is 0 Å². The van der Waals surface area contributed by atoms with E-state index in [9.17, 15) is 17.7 Å². The Balaban J connectivity index is 0.00000225. The van der Waals surface area contributed by atoms with E-state index in [-0.39, 0.29) is 62.9 Å². The van der Waals surface area contributed by atoms with Crippen LogP contribution in [-0.4, -0.2) is 18.1 Å². The van der Waals surface area contributed by atoms with Crippen LogP contribution in [0.25, 0.3) is 6.08 Å². The van der Waals surface area contributed by atoms with Crippen molar-refractivity contribution >= 4 is 19.0 Å². The molecule has 0 aliphatic carbocycles. The Kier molecular flexibility index (Phi) is 6.57. The van der Waals surface area contributed by atoms with Crippen molar-refractivity contribution in [1.29, 1.82) is 0 Å². The summed E-state index contributed by atoms with van der Waals surface area (Å²) < 4.78 is 35.5. The van der Waals surface area contributed by atoms with Crippen molar-refractivity contribution in [2.75, 3.05) is 0 Å². The molecule has 7 heteroatoms. The molecule has 0 fully saturated rings. The third kappa shape index (κ3) is 5.86. The van der Waals surface area contributed by atoms with Gasteiger partial charge in [0, 0.05) is 0 Å². The third-order valence-electron chi connectivity index (χ3n) is 1.66. The number of hydrogen-bond acceptors (Lipinski definition) is 1. The molecule has 0 bridgehead atoms.